The number of aryl methyl sites for hydroxylation is 1. The largest absolute Gasteiger partial charge is 0.454 e. The number of ether oxygens (including phenoxy) is 2. The molecule has 6 nitrogen and oxygen atoms in total. The highest BCUT2D eigenvalue weighted by atomic mass is 32.2. The third-order valence-corrected chi connectivity index (χ3v) is 7.02. The number of amides is 1. The average Bonchev–Trinajstić information content (AvgIpc) is 3.45. The molecule has 0 fully saturated rings. The van der Waals surface area contributed by atoms with Gasteiger partial charge in [0, 0.05) is 16.6 Å². The van der Waals surface area contributed by atoms with Crippen molar-refractivity contribution in [1.82, 2.24) is 4.98 Å². The lowest BCUT2D eigenvalue weighted by atomic mass is 10.1. The van der Waals surface area contributed by atoms with Gasteiger partial charge in [-0.25, -0.2) is 4.98 Å². The van der Waals surface area contributed by atoms with Gasteiger partial charge in [0.1, 0.15) is 0 Å². The van der Waals surface area contributed by atoms with Gasteiger partial charge in [-0.3, -0.25) is 9.59 Å². The van der Waals surface area contributed by atoms with Crippen LogP contribution in [0.15, 0.2) is 52.2 Å². The van der Waals surface area contributed by atoms with E-state index in [9.17, 15) is 9.59 Å². The highest BCUT2D eigenvalue weighted by Gasteiger charge is 2.17. The fourth-order valence-corrected chi connectivity index (χ4v) is 4.96. The van der Waals surface area contributed by atoms with E-state index in [4.69, 9.17) is 9.47 Å². The molecule has 0 saturated heterocycles. The Bertz CT molecular complexity index is 1100. The van der Waals surface area contributed by atoms with Gasteiger partial charge in [-0.15, -0.1) is 11.3 Å². The number of benzene rings is 2. The molecule has 0 aliphatic carbocycles. The van der Waals surface area contributed by atoms with Gasteiger partial charge in [0.05, 0.1) is 17.9 Å². The molecule has 4 rings (SSSR count). The molecule has 2 heterocycles. The number of hydrogen-bond donors (Lipinski definition) is 1. The van der Waals surface area contributed by atoms with Gasteiger partial charge < -0.3 is 14.8 Å². The Balaban J connectivity index is 1.25. The Labute approximate surface area is 195 Å². The van der Waals surface area contributed by atoms with E-state index < -0.39 is 0 Å². The quantitative estimate of drug-likeness (QED) is 0.318. The van der Waals surface area contributed by atoms with Gasteiger partial charge >= 0.3 is 0 Å². The minimum absolute atomic E-state index is 0.00910. The summed E-state index contributed by atoms with van der Waals surface area (Å²) in [6.45, 7) is 2.36. The molecule has 166 valence electrons. The van der Waals surface area contributed by atoms with Crippen LogP contribution in [0.1, 0.15) is 41.4 Å². The highest BCUT2D eigenvalue weighted by molar-refractivity contribution is 8.01. The maximum absolute atomic E-state index is 12.5. The van der Waals surface area contributed by atoms with Gasteiger partial charge in [-0.2, -0.15) is 0 Å². The Morgan fingerprint density at radius 2 is 1.94 bits per heavy atom. The second kappa shape index (κ2) is 10.7. The molecule has 2 aromatic carbocycles. The van der Waals surface area contributed by atoms with Crippen molar-refractivity contribution < 1.29 is 19.1 Å². The smallest absolute Gasteiger partial charge is 0.231 e. The van der Waals surface area contributed by atoms with Crippen molar-refractivity contribution in [1.29, 1.82) is 0 Å². The van der Waals surface area contributed by atoms with Crippen molar-refractivity contribution in [2.75, 3.05) is 17.9 Å². The number of fused-ring (bicyclic) bond motifs is 1. The lowest BCUT2D eigenvalue weighted by Gasteiger charge is -2.06. The Morgan fingerprint density at radius 1 is 1.12 bits per heavy atom. The Hall–Kier alpha value is -2.84. The predicted octanol–water partition coefficient (Wildman–Crippen LogP) is 5.37. The van der Waals surface area contributed by atoms with Gasteiger partial charge in [-0.1, -0.05) is 37.2 Å². The summed E-state index contributed by atoms with van der Waals surface area (Å²) in [4.78, 5) is 29.3. The summed E-state index contributed by atoms with van der Waals surface area (Å²) in [7, 11) is 0. The second-order valence-electron chi connectivity index (χ2n) is 7.41. The van der Waals surface area contributed by atoms with E-state index >= 15 is 0 Å². The number of anilines is 1. The number of carbonyl (C=O) groups excluding carboxylic acids is 2. The van der Waals surface area contributed by atoms with Crippen LogP contribution >= 0.6 is 23.1 Å². The van der Waals surface area contributed by atoms with Gasteiger partial charge in [0.15, 0.2) is 21.6 Å². The minimum atomic E-state index is -0.107. The van der Waals surface area contributed by atoms with E-state index in [1.165, 1.54) is 35.1 Å². The zero-order valence-electron chi connectivity index (χ0n) is 17.8. The number of Topliss-reactive ketones (excluding diaryl/α,β-unsaturated/α-hetero) is 1. The number of unbranched alkanes of at least 4 members (excludes halogenated alkanes) is 1. The number of hydrogen-bond acceptors (Lipinski definition) is 7. The van der Waals surface area contributed by atoms with E-state index in [-0.39, 0.29) is 30.7 Å². The summed E-state index contributed by atoms with van der Waals surface area (Å²) in [5, 5.41) is 4.78. The van der Waals surface area contributed by atoms with Gasteiger partial charge in [0.2, 0.25) is 12.7 Å². The van der Waals surface area contributed by atoms with Crippen LogP contribution in [0.5, 0.6) is 11.5 Å². The summed E-state index contributed by atoms with van der Waals surface area (Å²) in [6.07, 6.45) is 3.59. The summed E-state index contributed by atoms with van der Waals surface area (Å²) in [6, 6.07) is 13.2. The molecule has 0 saturated carbocycles. The zero-order chi connectivity index (χ0) is 22.3. The first-order valence-corrected chi connectivity index (χ1v) is 12.4. The zero-order valence-corrected chi connectivity index (χ0v) is 19.4. The fraction of sp³-hybridized carbons (Fsp3) is 0.292. The first-order valence-electron chi connectivity index (χ1n) is 10.5. The first kappa shape index (κ1) is 22.4. The number of nitrogens with one attached hydrogen (secondary N) is 1. The second-order valence-corrected chi connectivity index (χ2v) is 9.49. The SMILES string of the molecule is CCCCc1ccc(NC(=O)Cc2csc(SCC(=O)c3ccc4c(c3)OCO4)n2)cc1. The van der Waals surface area contributed by atoms with Crippen molar-refractivity contribution in [2.45, 2.75) is 36.9 Å². The van der Waals surface area contributed by atoms with Crippen molar-refractivity contribution >= 4 is 40.5 Å². The molecule has 32 heavy (non-hydrogen) atoms. The molecule has 0 unspecified atom stereocenters. The third kappa shape index (κ3) is 5.89. The third-order valence-electron chi connectivity index (χ3n) is 4.95. The molecule has 0 bridgehead atoms. The van der Waals surface area contributed by atoms with Crippen LogP contribution in [0.3, 0.4) is 0 Å². The van der Waals surface area contributed by atoms with E-state index in [2.05, 4.69) is 29.4 Å². The van der Waals surface area contributed by atoms with E-state index in [0.29, 0.717) is 22.8 Å². The number of nitrogens with zero attached hydrogens (tertiary/aromatic N) is 1. The number of ketones is 1. The molecule has 1 aliphatic heterocycles. The van der Waals surface area contributed by atoms with Crippen molar-refractivity contribution in [3.63, 3.8) is 0 Å². The molecule has 0 atom stereocenters. The number of aromatic nitrogens is 1. The van der Waals surface area contributed by atoms with Crippen LogP contribution in [0.4, 0.5) is 5.69 Å². The van der Waals surface area contributed by atoms with Crippen molar-refractivity contribution in [3.05, 3.63) is 64.7 Å². The van der Waals surface area contributed by atoms with Crippen LogP contribution in [-0.2, 0) is 17.6 Å². The first-order chi connectivity index (χ1) is 15.6. The fourth-order valence-electron chi connectivity index (χ4n) is 3.22. The van der Waals surface area contributed by atoms with Crippen molar-refractivity contribution in [2.24, 2.45) is 0 Å². The summed E-state index contributed by atoms with van der Waals surface area (Å²) >= 11 is 2.81. The van der Waals surface area contributed by atoms with Crippen LogP contribution < -0.4 is 14.8 Å². The molecule has 1 aromatic heterocycles. The maximum atomic E-state index is 12.5. The monoisotopic (exact) mass is 468 g/mol. The van der Waals surface area contributed by atoms with E-state index in [1.54, 1.807) is 18.2 Å². The molecule has 0 radical (unpaired) electrons. The highest BCUT2D eigenvalue weighted by Crippen LogP contribution is 2.33. The number of thiazole rings is 1. The summed E-state index contributed by atoms with van der Waals surface area (Å²) < 4.78 is 11.4. The molecular weight excluding hydrogens is 444 g/mol. The Morgan fingerprint density at radius 3 is 2.75 bits per heavy atom. The number of thioether (sulfide) groups is 1. The average molecular weight is 469 g/mol. The molecule has 1 amide bonds. The van der Waals surface area contributed by atoms with E-state index in [0.717, 1.165) is 22.9 Å². The molecular formula is C24H24N2O4S2. The molecule has 3 aromatic rings. The molecule has 1 aliphatic rings. The van der Waals surface area contributed by atoms with Gasteiger partial charge in [-0.05, 0) is 48.7 Å². The standard InChI is InChI=1S/C24H24N2O4S2/c1-2-3-4-16-5-8-18(9-6-16)25-23(28)12-19-13-31-24(26-19)32-14-20(27)17-7-10-21-22(11-17)30-15-29-21/h5-11,13H,2-4,12,14-15H2,1H3,(H,25,28). The van der Waals surface area contributed by atoms with Crippen LogP contribution in [0.2, 0.25) is 0 Å². The number of carbonyl (C=O) groups is 2. The minimum Gasteiger partial charge on any atom is -0.454 e. The number of rotatable bonds is 10. The van der Waals surface area contributed by atoms with Gasteiger partial charge in [0.25, 0.3) is 0 Å². The van der Waals surface area contributed by atoms with Crippen LogP contribution in [0, 0.1) is 0 Å². The molecule has 0 spiro atoms. The lowest BCUT2D eigenvalue weighted by molar-refractivity contribution is -0.115. The van der Waals surface area contributed by atoms with Crippen LogP contribution in [-0.4, -0.2) is 29.2 Å². The predicted molar refractivity (Wildman–Crippen MR) is 127 cm³/mol. The Kier molecular flexibility index (Phi) is 7.44. The molecule has 8 heteroatoms. The normalized spacial score (nSPS) is 12.0. The summed E-state index contributed by atoms with van der Waals surface area (Å²) in [5.41, 5.74) is 3.35. The van der Waals surface area contributed by atoms with Crippen LogP contribution in [0.25, 0.3) is 0 Å². The van der Waals surface area contributed by atoms with E-state index in [1.807, 2.05) is 17.5 Å². The topological polar surface area (TPSA) is 77.5 Å². The lowest BCUT2D eigenvalue weighted by Crippen LogP contribution is -2.14. The molecule has 1 N–H and O–H groups in total. The maximum Gasteiger partial charge on any atom is 0.231 e. The summed E-state index contributed by atoms with van der Waals surface area (Å²) in [5.74, 6) is 1.40. The van der Waals surface area contributed by atoms with Crippen molar-refractivity contribution in [3.8, 4) is 11.5 Å².